The molecule has 0 saturated carbocycles. The van der Waals surface area contributed by atoms with Gasteiger partial charge in [-0.15, -0.1) is 0 Å². The molecule has 4 aromatic rings. The van der Waals surface area contributed by atoms with Gasteiger partial charge in [0.15, 0.2) is 0 Å². The van der Waals surface area contributed by atoms with Gasteiger partial charge in [-0.25, -0.2) is 18.4 Å². The van der Waals surface area contributed by atoms with Gasteiger partial charge in [0.1, 0.15) is 42.2 Å². The summed E-state index contributed by atoms with van der Waals surface area (Å²) in [4.78, 5) is 3.85. The lowest BCUT2D eigenvalue weighted by atomic mass is 9.94. The lowest BCUT2D eigenvalue weighted by molar-refractivity contribution is -0.0297. The summed E-state index contributed by atoms with van der Waals surface area (Å²) < 4.78 is 35.3. The van der Waals surface area contributed by atoms with Gasteiger partial charge >= 0.3 is 0 Å². The number of azo groups is 1. The summed E-state index contributed by atoms with van der Waals surface area (Å²) in [6, 6.07) is 15.2. The van der Waals surface area contributed by atoms with Crippen molar-refractivity contribution in [1.82, 2.24) is 14.8 Å². The molecule has 5 rings (SSSR count). The van der Waals surface area contributed by atoms with Crippen LogP contribution in [-0.4, -0.2) is 26.5 Å². The number of nitrogens with zero attached hydrogens (tertiary/aromatic N) is 5. The molecule has 3 atom stereocenters. The minimum atomic E-state index is -1.84. The average molecular weight is 544 g/mol. The van der Waals surface area contributed by atoms with E-state index in [1.165, 1.54) is 23.4 Å². The summed E-state index contributed by atoms with van der Waals surface area (Å²) >= 11 is 12.3. The highest BCUT2D eigenvalue weighted by molar-refractivity contribution is 6.35. The molecule has 37 heavy (non-hydrogen) atoms. The number of halogens is 4. The third-order valence-electron chi connectivity index (χ3n) is 6.18. The SMILES string of the molecule is OC(COc1ccc(C2CC(c3ccc(Cl)cc3Cl)N=N2)cc1)(Cn1cncn1)c1ccc(F)cc1F. The largest absolute Gasteiger partial charge is 0.490 e. The van der Waals surface area contributed by atoms with Crippen molar-refractivity contribution in [3.8, 4) is 5.75 Å². The zero-order valence-electron chi connectivity index (χ0n) is 19.3. The Balaban J connectivity index is 1.28. The van der Waals surface area contributed by atoms with E-state index in [0.29, 0.717) is 22.2 Å². The van der Waals surface area contributed by atoms with Gasteiger partial charge in [0.2, 0.25) is 0 Å². The first-order valence-corrected chi connectivity index (χ1v) is 12.1. The Labute approximate surface area is 221 Å². The maximum atomic E-state index is 14.6. The van der Waals surface area contributed by atoms with Gasteiger partial charge in [-0.2, -0.15) is 15.3 Å². The van der Waals surface area contributed by atoms with Gasteiger partial charge in [0.05, 0.1) is 18.6 Å². The predicted molar refractivity (Wildman–Crippen MR) is 134 cm³/mol. The van der Waals surface area contributed by atoms with E-state index in [2.05, 4.69) is 20.3 Å². The number of ether oxygens (including phenoxy) is 1. The van der Waals surface area contributed by atoms with Crippen LogP contribution in [0.5, 0.6) is 5.75 Å². The molecular weight excluding hydrogens is 523 g/mol. The Morgan fingerprint density at radius 2 is 1.78 bits per heavy atom. The molecule has 1 aliphatic heterocycles. The summed E-state index contributed by atoms with van der Waals surface area (Å²) in [5, 5.41) is 25.3. The van der Waals surface area contributed by atoms with Crippen LogP contribution in [0.15, 0.2) is 83.5 Å². The van der Waals surface area contributed by atoms with E-state index in [1.807, 2.05) is 18.2 Å². The van der Waals surface area contributed by atoms with Gasteiger partial charge in [0.25, 0.3) is 0 Å². The van der Waals surface area contributed by atoms with Crippen LogP contribution in [0.25, 0.3) is 0 Å². The number of benzene rings is 3. The first-order valence-electron chi connectivity index (χ1n) is 11.4. The van der Waals surface area contributed by atoms with E-state index < -0.39 is 17.2 Å². The number of hydrogen-bond donors (Lipinski definition) is 1. The minimum absolute atomic E-state index is 0.112. The van der Waals surface area contributed by atoms with Crippen molar-refractivity contribution < 1.29 is 18.6 Å². The van der Waals surface area contributed by atoms with Crippen LogP contribution in [0.1, 0.15) is 35.2 Å². The zero-order valence-corrected chi connectivity index (χ0v) is 20.8. The zero-order chi connectivity index (χ0) is 26.0. The van der Waals surface area contributed by atoms with E-state index in [9.17, 15) is 13.9 Å². The second-order valence-electron chi connectivity index (χ2n) is 8.77. The summed E-state index contributed by atoms with van der Waals surface area (Å²) in [6.45, 7) is -0.459. The molecule has 190 valence electrons. The number of aromatic nitrogens is 3. The Morgan fingerprint density at radius 1 is 1.00 bits per heavy atom. The van der Waals surface area contributed by atoms with Crippen molar-refractivity contribution in [1.29, 1.82) is 0 Å². The van der Waals surface area contributed by atoms with Crippen LogP contribution in [-0.2, 0) is 12.1 Å². The van der Waals surface area contributed by atoms with E-state index in [1.54, 1.807) is 24.3 Å². The fraction of sp³-hybridized carbons (Fsp3) is 0.231. The monoisotopic (exact) mass is 543 g/mol. The van der Waals surface area contributed by atoms with Gasteiger partial charge in [-0.3, -0.25) is 0 Å². The van der Waals surface area contributed by atoms with Crippen LogP contribution >= 0.6 is 23.2 Å². The number of rotatable bonds is 8. The summed E-state index contributed by atoms with van der Waals surface area (Å²) in [7, 11) is 0. The highest BCUT2D eigenvalue weighted by Gasteiger charge is 2.35. The van der Waals surface area contributed by atoms with Crippen molar-refractivity contribution in [2.75, 3.05) is 6.61 Å². The summed E-state index contributed by atoms with van der Waals surface area (Å²) in [6.07, 6.45) is 3.34. The molecular formula is C26H21Cl2F2N5O2. The average Bonchev–Trinajstić information content (AvgIpc) is 3.56. The molecule has 2 heterocycles. The predicted octanol–water partition coefficient (Wildman–Crippen LogP) is 6.47. The lowest BCUT2D eigenvalue weighted by Crippen LogP contribution is -2.39. The molecule has 0 bridgehead atoms. The fourth-order valence-electron chi connectivity index (χ4n) is 4.28. The Kier molecular flexibility index (Phi) is 7.19. The van der Waals surface area contributed by atoms with Crippen molar-refractivity contribution in [3.63, 3.8) is 0 Å². The molecule has 0 fully saturated rings. The first-order chi connectivity index (χ1) is 17.8. The van der Waals surface area contributed by atoms with Crippen LogP contribution in [0, 0.1) is 11.6 Å². The Morgan fingerprint density at radius 3 is 2.49 bits per heavy atom. The van der Waals surface area contributed by atoms with Gasteiger partial charge in [0, 0.05) is 28.1 Å². The van der Waals surface area contributed by atoms with E-state index in [4.69, 9.17) is 27.9 Å². The lowest BCUT2D eigenvalue weighted by Gasteiger charge is -2.29. The maximum Gasteiger partial charge on any atom is 0.146 e. The van der Waals surface area contributed by atoms with E-state index in [-0.39, 0.29) is 30.8 Å². The van der Waals surface area contributed by atoms with Crippen LogP contribution in [0.4, 0.5) is 8.78 Å². The van der Waals surface area contributed by atoms with Crippen molar-refractivity contribution >= 4 is 23.2 Å². The smallest absolute Gasteiger partial charge is 0.146 e. The van der Waals surface area contributed by atoms with Crippen LogP contribution < -0.4 is 4.74 Å². The van der Waals surface area contributed by atoms with E-state index >= 15 is 0 Å². The van der Waals surface area contributed by atoms with Gasteiger partial charge in [-0.1, -0.05) is 47.5 Å². The van der Waals surface area contributed by atoms with Crippen LogP contribution in [0.2, 0.25) is 10.0 Å². The highest BCUT2D eigenvalue weighted by atomic mass is 35.5. The highest BCUT2D eigenvalue weighted by Crippen LogP contribution is 2.41. The molecule has 0 aliphatic carbocycles. The third kappa shape index (κ3) is 5.64. The van der Waals surface area contributed by atoms with Crippen molar-refractivity contribution in [3.05, 3.63) is 112 Å². The molecule has 3 unspecified atom stereocenters. The topological polar surface area (TPSA) is 84.9 Å². The van der Waals surface area contributed by atoms with Gasteiger partial charge < -0.3 is 9.84 Å². The van der Waals surface area contributed by atoms with E-state index in [0.717, 1.165) is 23.3 Å². The molecule has 11 heteroatoms. The second kappa shape index (κ2) is 10.5. The normalized spacial score (nSPS) is 18.6. The van der Waals surface area contributed by atoms with Crippen molar-refractivity contribution in [2.45, 2.75) is 30.7 Å². The fourth-order valence-corrected chi connectivity index (χ4v) is 4.81. The molecule has 1 N–H and O–H groups in total. The van der Waals surface area contributed by atoms with Crippen LogP contribution in [0.3, 0.4) is 0 Å². The minimum Gasteiger partial charge on any atom is -0.490 e. The Bertz CT molecular complexity index is 1420. The molecule has 0 saturated heterocycles. The molecule has 3 aromatic carbocycles. The Hall–Kier alpha value is -3.40. The maximum absolute atomic E-state index is 14.6. The number of aliphatic hydroxyl groups is 1. The quantitative estimate of drug-likeness (QED) is 0.276. The summed E-state index contributed by atoms with van der Waals surface area (Å²) in [5.41, 5.74) is -0.142. The molecule has 0 amide bonds. The second-order valence-corrected chi connectivity index (χ2v) is 9.61. The van der Waals surface area contributed by atoms with Gasteiger partial charge in [-0.05, 0) is 41.5 Å². The molecule has 1 aliphatic rings. The first kappa shape index (κ1) is 25.3. The molecule has 7 nitrogen and oxygen atoms in total. The molecule has 0 spiro atoms. The summed E-state index contributed by atoms with van der Waals surface area (Å²) in [5.74, 6) is -1.18. The number of hydrogen-bond acceptors (Lipinski definition) is 6. The molecule has 1 aromatic heterocycles. The van der Waals surface area contributed by atoms with Crippen molar-refractivity contribution in [2.24, 2.45) is 10.2 Å². The standard InChI is InChI=1S/C26H21Cl2F2N5O2/c27-17-3-7-20(22(28)9-17)25-11-24(33-34-25)16-1-5-19(6-2-16)37-13-26(36,12-35-15-31-14-32-35)21-8-4-18(29)10-23(21)30/h1-10,14-15,24-25,36H,11-13H2. The molecule has 0 radical (unpaired) electrons. The third-order valence-corrected chi connectivity index (χ3v) is 6.74.